The molecule has 0 aliphatic heterocycles. The molecule has 0 aromatic carbocycles. The van der Waals surface area contributed by atoms with E-state index < -0.39 is 0 Å². The van der Waals surface area contributed by atoms with E-state index in [0.29, 0.717) is 0 Å². The van der Waals surface area contributed by atoms with E-state index in [2.05, 4.69) is 47.6 Å². The zero-order chi connectivity index (χ0) is 28.2. The summed E-state index contributed by atoms with van der Waals surface area (Å²) in [6.07, 6.45) is 19.5. The summed E-state index contributed by atoms with van der Waals surface area (Å²) in [5, 5.41) is 3.26. The third-order valence-electron chi connectivity index (χ3n) is 4.91. The molecule has 1 aromatic rings. The van der Waals surface area contributed by atoms with Crippen LogP contribution in [0.25, 0.3) is 0 Å². The second-order valence-corrected chi connectivity index (χ2v) is 7.87. The van der Waals surface area contributed by atoms with Crippen molar-refractivity contribution in [3.63, 3.8) is 0 Å². The first-order chi connectivity index (χ1) is 17.3. The molecule has 0 bridgehead atoms. The Morgan fingerprint density at radius 2 is 1.61 bits per heavy atom. The van der Waals surface area contributed by atoms with E-state index in [4.69, 9.17) is 0 Å². The van der Waals surface area contributed by atoms with Gasteiger partial charge in [-0.3, -0.25) is 15.0 Å². The summed E-state index contributed by atoms with van der Waals surface area (Å²) < 4.78 is 0. The van der Waals surface area contributed by atoms with Crippen LogP contribution in [-0.4, -0.2) is 24.0 Å². The molecule has 1 aromatic heterocycles. The largest absolute Gasteiger partial charge is 0.354 e. The summed E-state index contributed by atoms with van der Waals surface area (Å²) in [5.41, 5.74) is 5.77. The highest BCUT2D eigenvalue weighted by molar-refractivity contribution is 6.00. The Labute approximate surface area is 224 Å². The zero-order valence-electron chi connectivity index (χ0n) is 25.4. The van der Waals surface area contributed by atoms with Gasteiger partial charge in [-0.1, -0.05) is 91.5 Å². The first kappa shape index (κ1) is 37.8. The molecule has 0 saturated carbocycles. The number of hydrogen-bond acceptors (Lipinski definition) is 4. The number of aryl methyl sites for hydroxylation is 1. The lowest BCUT2D eigenvalue weighted by molar-refractivity contribution is 0.656. The van der Waals surface area contributed by atoms with Gasteiger partial charge in [0.25, 0.3) is 0 Å². The van der Waals surface area contributed by atoms with Crippen LogP contribution in [0.15, 0.2) is 76.2 Å². The number of hydrogen-bond donors (Lipinski definition) is 1. The average Bonchev–Trinajstić information content (AvgIpc) is 2.90. The van der Waals surface area contributed by atoms with E-state index >= 15 is 0 Å². The predicted molar refractivity (Wildman–Crippen MR) is 168 cm³/mol. The minimum Gasteiger partial charge on any atom is -0.354 e. The lowest BCUT2D eigenvalue weighted by atomic mass is 10.1. The second kappa shape index (κ2) is 28.5. The fourth-order valence-corrected chi connectivity index (χ4v) is 2.67. The van der Waals surface area contributed by atoms with Crippen molar-refractivity contribution < 1.29 is 0 Å². The molecule has 0 radical (unpaired) electrons. The van der Waals surface area contributed by atoms with Crippen LogP contribution >= 0.6 is 0 Å². The molecule has 0 saturated heterocycles. The van der Waals surface area contributed by atoms with Crippen LogP contribution in [0, 0.1) is 6.92 Å². The standard InChI is InChI=1S/C19H26N4.C7H16.C4H8.C2H6/c1-7-17(12-20-6)18(8-2)13-22-15(4)16(5)23-19-9-10-21-14(3)11-19;1-3-5-7-6-4-2;1-3-4-2;1-2/h7,9-13H,5,8H2,1-4,6H3,(H,21,23);3-7H2,1-2H3;3-4H,1-2H3;1-2H3/b17-7+,18-13+,20-12?,22-15?;;4-3-;. The molecule has 0 spiro atoms. The molecule has 0 atom stereocenters. The number of aromatic nitrogens is 1. The Hall–Kier alpha value is -2.75. The number of nitrogens with one attached hydrogen (secondary N) is 1. The van der Waals surface area contributed by atoms with Gasteiger partial charge in [-0.15, -0.1) is 0 Å². The molecule has 0 unspecified atom stereocenters. The number of pyridine rings is 1. The van der Waals surface area contributed by atoms with Gasteiger partial charge >= 0.3 is 0 Å². The smallest absolute Gasteiger partial charge is 0.0601 e. The predicted octanol–water partition coefficient (Wildman–Crippen LogP) is 10.3. The molecule has 1 rings (SSSR count). The highest BCUT2D eigenvalue weighted by Crippen LogP contribution is 2.14. The maximum Gasteiger partial charge on any atom is 0.0601 e. The highest BCUT2D eigenvalue weighted by Gasteiger charge is 2.02. The molecule has 4 heteroatoms. The summed E-state index contributed by atoms with van der Waals surface area (Å²) >= 11 is 0. The maximum atomic E-state index is 4.54. The van der Waals surface area contributed by atoms with E-state index in [0.717, 1.165) is 40.4 Å². The highest BCUT2D eigenvalue weighted by atomic mass is 14.9. The van der Waals surface area contributed by atoms with E-state index in [1.54, 1.807) is 13.2 Å². The van der Waals surface area contributed by atoms with E-state index in [9.17, 15) is 0 Å². The molecular weight excluding hydrogens is 440 g/mol. The van der Waals surface area contributed by atoms with Gasteiger partial charge < -0.3 is 5.32 Å². The SMILES string of the molecule is C/C=C\C.C=C(Nc1ccnc(C)c1)C(C)=N/C=C(CC)/C(C=NC)=C/C.CC.CCCCCCC. The van der Waals surface area contributed by atoms with E-state index in [1.165, 1.54) is 32.1 Å². The minimum atomic E-state index is 0.772. The van der Waals surface area contributed by atoms with Gasteiger partial charge in [-0.2, -0.15) is 0 Å². The van der Waals surface area contributed by atoms with Crippen LogP contribution in [0.3, 0.4) is 0 Å². The molecule has 0 aliphatic carbocycles. The van der Waals surface area contributed by atoms with Gasteiger partial charge in [0, 0.05) is 37.0 Å². The molecule has 36 heavy (non-hydrogen) atoms. The topological polar surface area (TPSA) is 49.6 Å². The van der Waals surface area contributed by atoms with Crippen molar-refractivity contribution >= 4 is 17.6 Å². The van der Waals surface area contributed by atoms with Crippen molar-refractivity contribution in [1.29, 1.82) is 0 Å². The number of unbranched alkanes of at least 4 members (excludes halogenated alkanes) is 4. The van der Waals surface area contributed by atoms with Crippen molar-refractivity contribution in [3.8, 4) is 0 Å². The first-order valence-corrected chi connectivity index (χ1v) is 13.6. The normalized spacial score (nSPS) is 11.7. The van der Waals surface area contributed by atoms with Crippen molar-refractivity contribution in [2.75, 3.05) is 12.4 Å². The molecular formula is C32H56N4. The van der Waals surface area contributed by atoms with E-state index in [1.807, 2.05) is 91.2 Å². The first-order valence-electron chi connectivity index (χ1n) is 13.6. The molecule has 1 heterocycles. The molecule has 204 valence electrons. The van der Waals surface area contributed by atoms with Gasteiger partial charge in [0.05, 0.1) is 11.4 Å². The van der Waals surface area contributed by atoms with Crippen LogP contribution in [0.1, 0.15) is 107 Å². The number of rotatable bonds is 11. The van der Waals surface area contributed by atoms with Crippen LogP contribution in [0.5, 0.6) is 0 Å². The summed E-state index contributed by atoms with van der Waals surface area (Å²) in [6, 6.07) is 3.88. The summed E-state index contributed by atoms with van der Waals surface area (Å²) in [7, 11) is 1.77. The molecule has 1 N–H and O–H groups in total. The summed E-state index contributed by atoms with van der Waals surface area (Å²) in [5.74, 6) is 0. The summed E-state index contributed by atoms with van der Waals surface area (Å²) in [6.45, 7) is 24.6. The van der Waals surface area contributed by atoms with Crippen LogP contribution < -0.4 is 5.32 Å². The van der Waals surface area contributed by atoms with Gasteiger partial charge in [-0.25, -0.2) is 0 Å². The number of aliphatic imine (C=N–C) groups is 2. The third-order valence-corrected chi connectivity index (χ3v) is 4.91. The Morgan fingerprint density at radius 1 is 1.03 bits per heavy atom. The van der Waals surface area contributed by atoms with E-state index in [-0.39, 0.29) is 0 Å². The quantitative estimate of drug-likeness (QED) is 0.143. The minimum absolute atomic E-state index is 0.772. The lowest BCUT2D eigenvalue weighted by Gasteiger charge is -2.09. The Kier molecular flexibility index (Phi) is 29.9. The van der Waals surface area contributed by atoms with Gasteiger partial charge in [0.1, 0.15) is 0 Å². The monoisotopic (exact) mass is 496 g/mol. The average molecular weight is 497 g/mol. The Bertz CT molecular complexity index is 803. The van der Waals surface area contributed by atoms with Crippen LogP contribution in [0.2, 0.25) is 0 Å². The van der Waals surface area contributed by atoms with Gasteiger partial charge in [-0.05, 0) is 64.3 Å². The lowest BCUT2D eigenvalue weighted by Crippen LogP contribution is -2.07. The van der Waals surface area contributed by atoms with Crippen molar-refractivity contribution in [2.45, 2.75) is 108 Å². The zero-order valence-corrected chi connectivity index (χ0v) is 25.4. The Morgan fingerprint density at radius 3 is 2.03 bits per heavy atom. The fourth-order valence-electron chi connectivity index (χ4n) is 2.67. The Balaban J connectivity index is -0.000000693. The maximum absolute atomic E-state index is 4.54. The molecule has 0 aliphatic rings. The fraction of sp³-hybridized carbons (Fsp3) is 0.531. The second-order valence-electron chi connectivity index (χ2n) is 7.87. The number of anilines is 1. The molecule has 0 amide bonds. The van der Waals surface area contributed by atoms with Crippen molar-refractivity contribution in [2.24, 2.45) is 9.98 Å². The van der Waals surface area contributed by atoms with Gasteiger partial charge in [0.2, 0.25) is 0 Å². The van der Waals surface area contributed by atoms with Crippen molar-refractivity contribution in [3.05, 3.63) is 71.9 Å². The number of allylic oxidation sites excluding steroid dienone is 6. The molecule has 0 fully saturated rings. The van der Waals surface area contributed by atoms with Crippen LogP contribution in [0.4, 0.5) is 5.69 Å². The van der Waals surface area contributed by atoms with Crippen LogP contribution in [-0.2, 0) is 0 Å². The third kappa shape index (κ3) is 21.8. The molecule has 4 nitrogen and oxygen atoms in total. The van der Waals surface area contributed by atoms with Crippen molar-refractivity contribution in [1.82, 2.24) is 4.98 Å². The summed E-state index contributed by atoms with van der Waals surface area (Å²) in [4.78, 5) is 12.8. The number of nitrogens with zero attached hydrogens (tertiary/aromatic N) is 3. The van der Waals surface area contributed by atoms with Gasteiger partial charge in [0.15, 0.2) is 0 Å².